The number of nitrogens with one attached hydrogen (secondary N) is 1. The molecule has 1 amide bonds. The van der Waals surface area contributed by atoms with Crippen molar-refractivity contribution in [2.75, 3.05) is 27.3 Å². The second kappa shape index (κ2) is 8.37. The second-order valence-corrected chi connectivity index (χ2v) is 6.42. The lowest BCUT2D eigenvalue weighted by molar-refractivity contribution is -0.123. The van der Waals surface area contributed by atoms with Crippen LogP contribution in [0, 0.1) is 5.82 Å². The smallest absolute Gasteiger partial charge is 0.234 e. The van der Waals surface area contributed by atoms with E-state index in [9.17, 15) is 14.3 Å². The van der Waals surface area contributed by atoms with Gasteiger partial charge in [-0.15, -0.1) is 0 Å². The van der Waals surface area contributed by atoms with E-state index in [4.69, 9.17) is 9.47 Å². The number of hydrogen-bond acceptors (Lipinski definition) is 5. The normalized spacial score (nSPS) is 16.5. The Morgan fingerprint density at radius 2 is 1.93 bits per heavy atom. The van der Waals surface area contributed by atoms with E-state index in [1.165, 1.54) is 6.07 Å². The van der Waals surface area contributed by atoms with Crippen molar-refractivity contribution in [3.8, 4) is 11.5 Å². The summed E-state index contributed by atoms with van der Waals surface area (Å²) in [6, 6.07) is 9.87. The van der Waals surface area contributed by atoms with E-state index >= 15 is 0 Å². The first-order valence-corrected chi connectivity index (χ1v) is 8.67. The Hall–Kier alpha value is -2.64. The summed E-state index contributed by atoms with van der Waals surface area (Å²) in [6.07, 6.45) is -0.793. The van der Waals surface area contributed by atoms with Crippen LogP contribution in [0.3, 0.4) is 0 Å². The van der Waals surface area contributed by atoms with Crippen molar-refractivity contribution in [3.05, 3.63) is 58.9 Å². The van der Waals surface area contributed by atoms with Gasteiger partial charge < -0.3 is 19.9 Å². The van der Waals surface area contributed by atoms with E-state index in [1.807, 2.05) is 4.90 Å². The third-order valence-corrected chi connectivity index (χ3v) is 4.66. The molecule has 2 aromatic carbocycles. The Morgan fingerprint density at radius 3 is 2.63 bits per heavy atom. The number of carbonyl (C=O) groups excluding carboxylic acids is 1. The number of aliphatic hydroxyl groups is 1. The zero-order chi connectivity index (χ0) is 19.4. The second-order valence-electron chi connectivity index (χ2n) is 6.42. The van der Waals surface area contributed by atoms with Crippen LogP contribution in [0.1, 0.15) is 22.8 Å². The molecule has 0 spiro atoms. The van der Waals surface area contributed by atoms with E-state index in [0.717, 1.165) is 5.56 Å². The standard InChI is InChI=1S/C20H23FN2O4/c1-26-17-7-8-18(27-2)20-14(17)10-23(11-16(20)24)12-19(25)22-9-13-5-3-4-6-15(13)21/h3-8,16,24H,9-12H2,1-2H3,(H,22,25)/t16-/m0/s1. The predicted molar refractivity (Wildman–Crippen MR) is 98.0 cm³/mol. The van der Waals surface area contributed by atoms with E-state index in [0.29, 0.717) is 35.7 Å². The van der Waals surface area contributed by atoms with Crippen LogP contribution in [0.5, 0.6) is 11.5 Å². The molecule has 7 heteroatoms. The summed E-state index contributed by atoms with van der Waals surface area (Å²) in [7, 11) is 3.12. The highest BCUT2D eigenvalue weighted by molar-refractivity contribution is 5.78. The molecule has 27 heavy (non-hydrogen) atoms. The SMILES string of the molecule is COc1ccc(OC)c2c1CN(CC(=O)NCc1ccccc1F)C[C@@H]2O. The minimum Gasteiger partial charge on any atom is -0.496 e. The first-order valence-electron chi connectivity index (χ1n) is 8.67. The van der Waals surface area contributed by atoms with Gasteiger partial charge in [-0.3, -0.25) is 9.69 Å². The van der Waals surface area contributed by atoms with E-state index in [2.05, 4.69) is 5.32 Å². The Balaban J connectivity index is 1.68. The van der Waals surface area contributed by atoms with Crippen molar-refractivity contribution in [2.24, 2.45) is 0 Å². The van der Waals surface area contributed by atoms with Crippen molar-refractivity contribution in [1.82, 2.24) is 10.2 Å². The fourth-order valence-electron chi connectivity index (χ4n) is 3.36. The van der Waals surface area contributed by atoms with E-state index in [1.54, 1.807) is 44.6 Å². The Kier molecular flexibility index (Phi) is 5.93. The molecule has 0 saturated heterocycles. The highest BCUT2D eigenvalue weighted by atomic mass is 19.1. The molecule has 1 atom stereocenters. The molecule has 2 aromatic rings. The number of benzene rings is 2. The summed E-state index contributed by atoms with van der Waals surface area (Å²) < 4.78 is 24.4. The molecule has 1 aliphatic rings. The number of aliphatic hydroxyl groups excluding tert-OH is 1. The van der Waals surface area contributed by atoms with Gasteiger partial charge in [0, 0.05) is 36.3 Å². The maximum absolute atomic E-state index is 13.6. The number of carbonyl (C=O) groups is 1. The topological polar surface area (TPSA) is 71.0 Å². The van der Waals surface area contributed by atoms with Crippen LogP contribution in [0.25, 0.3) is 0 Å². The Morgan fingerprint density at radius 1 is 1.22 bits per heavy atom. The molecule has 1 heterocycles. The molecule has 0 bridgehead atoms. The van der Waals surface area contributed by atoms with Gasteiger partial charge >= 0.3 is 0 Å². The lowest BCUT2D eigenvalue weighted by Crippen LogP contribution is -2.41. The number of methoxy groups -OCH3 is 2. The maximum Gasteiger partial charge on any atom is 0.234 e. The summed E-state index contributed by atoms with van der Waals surface area (Å²) in [5.74, 6) is 0.649. The van der Waals surface area contributed by atoms with Gasteiger partial charge in [-0.25, -0.2) is 4.39 Å². The summed E-state index contributed by atoms with van der Waals surface area (Å²) in [4.78, 5) is 14.1. The molecule has 0 unspecified atom stereocenters. The van der Waals surface area contributed by atoms with Crippen LogP contribution in [0.4, 0.5) is 4.39 Å². The molecular weight excluding hydrogens is 351 g/mol. The number of halogens is 1. The van der Waals surface area contributed by atoms with E-state index in [-0.39, 0.29) is 24.8 Å². The number of ether oxygens (including phenoxy) is 2. The molecule has 0 fully saturated rings. The quantitative estimate of drug-likeness (QED) is 0.809. The highest BCUT2D eigenvalue weighted by Gasteiger charge is 2.30. The molecule has 2 N–H and O–H groups in total. The van der Waals surface area contributed by atoms with Crippen LogP contribution in [-0.4, -0.2) is 43.2 Å². The average molecular weight is 374 g/mol. The van der Waals surface area contributed by atoms with Gasteiger partial charge in [0.2, 0.25) is 5.91 Å². The van der Waals surface area contributed by atoms with Gasteiger partial charge in [-0.1, -0.05) is 18.2 Å². The number of β-amino-alcohol motifs (C(OH)–C–C–N with tert-alkyl or cyclic N) is 1. The molecule has 0 radical (unpaired) electrons. The van der Waals surface area contributed by atoms with Crippen molar-refractivity contribution < 1.29 is 23.8 Å². The number of rotatable bonds is 6. The van der Waals surface area contributed by atoms with Gasteiger partial charge in [0.25, 0.3) is 0 Å². The predicted octanol–water partition coefficient (Wildman–Crippen LogP) is 2.01. The first-order chi connectivity index (χ1) is 13.0. The van der Waals surface area contributed by atoms with Crippen LogP contribution in [0.15, 0.2) is 36.4 Å². The summed E-state index contributed by atoms with van der Waals surface area (Å²) in [6.45, 7) is 0.949. The number of hydrogen-bond donors (Lipinski definition) is 2. The van der Waals surface area contributed by atoms with Crippen LogP contribution in [0.2, 0.25) is 0 Å². The molecule has 144 valence electrons. The zero-order valence-corrected chi connectivity index (χ0v) is 15.4. The van der Waals surface area contributed by atoms with Gasteiger partial charge in [0.05, 0.1) is 26.9 Å². The van der Waals surface area contributed by atoms with Crippen molar-refractivity contribution >= 4 is 5.91 Å². The number of nitrogens with zero attached hydrogens (tertiary/aromatic N) is 1. The van der Waals surface area contributed by atoms with Crippen molar-refractivity contribution in [1.29, 1.82) is 0 Å². The van der Waals surface area contributed by atoms with Gasteiger partial charge in [-0.2, -0.15) is 0 Å². The minimum atomic E-state index is -0.793. The molecular formula is C20H23FN2O4. The van der Waals surface area contributed by atoms with Gasteiger partial charge in [0.15, 0.2) is 0 Å². The first kappa shape index (κ1) is 19.1. The third kappa shape index (κ3) is 4.20. The monoisotopic (exact) mass is 374 g/mol. The largest absolute Gasteiger partial charge is 0.496 e. The maximum atomic E-state index is 13.6. The van der Waals surface area contributed by atoms with Gasteiger partial charge in [-0.05, 0) is 18.2 Å². The molecule has 0 aliphatic carbocycles. The fourth-order valence-corrected chi connectivity index (χ4v) is 3.36. The fraction of sp³-hybridized carbons (Fsp3) is 0.350. The Labute approximate surface area is 157 Å². The minimum absolute atomic E-state index is 0.0886. The van der Waals surface area contributed by atoms with E-state index < -0.39 is 6.10 Å². The molecule has 6 nitrogen and oxygen atoms in total. The summed E-state index contributed by atoms with van der Waals surface area (Å²) in [5.41, 5.74) is 1.93. The number of fused-ring (bicyclic) bond motifs is 1. The number of amides is 1. The lowest BCUT2D eigenvalue weighted by atomic mass is 9.95. The van der Waals surface area contributed by atoms with Gasteiger partial charge in [0.1, 0.15) is 17.3 Å². The third-order valence-electron chi connectivity index (χ3n) is 4.66. The molecule has 0 saturated carbocycles. The zero-order valence-electron chi connectivity index (χ0n) is 15.4. The molecule has 3 rings (SSSR count). The van der Waals surface area contributed by atoms with Crippen LogP contribution < -0.4 is 14.8 Å². The Bertz CT molecular complexity index is 828. The highest BCUT2D eigenvalue weighted by Crippen LogP contribution is 2.39. The lowest BCUT2D eigenvalue weighted by Gasteiger charge is -2.33. The van der Waals surface area contributed by atoms with Crippen molar-refractivity contribution in [3.63, 3.8) is 0 Å². The molecule has 1 aliphatic heterocycles. The summed E-state index contributed by atoms with van der Waals surface area (Å²) >= 11 is 0. The van der Waals surface area contributed by atoms with Crippen LogP contribution in [-0.2, 0) is 17.9 Å². The molecule has 0 aromatic heterocycles. The van der Waals surface area contributed by atoms with Crippen molar-refractivity contribution in [2.45, 2.75) is 19.2 Å². The average Bonchev–Trinajstić information content (AvgIpc) is 2.66. The van der Waals surface area contributed by atoms with Crippen LogP contribution >= 0.6 is 0 Å². The summed E-state index contributed by atoms with van der Waals surface area (Å²) in [5, 5.41) is 13.3.